The number of hydrogen-bond acceptors (Lipinski definition) is 6. The average molecular weight is 741 g/mol. The Morgan fingerprint density at radius 1 is 0.382 bits per heavy atom. The van der Waals surface area contributed by atoms with Crippen molar-refractivity contribution in [2.75, 3.05) is 4.90 Å². The molecule has 0 saturated heterocycles. The second kappa shape index (κ2) is 11.9. The lowest BCUT2D eigenvalue weighted by atomic mass is 10.0. The van der Waals surface area contributed by atoms with Crippen LogP contribution in [0.25, 0.3) is 96.0 Å². The quantitative estimate of drug-likeness (QED) is 0.176. The Morgan fingerprint density at radius 2 is 0.945 bits per heavy atom. The van der Waals surface area contributed by atoms with Gasteiger partial charge in [-0.1, -0.05) is 91.0 Å². The Kier molecular flexibility index (Phi) is 6.64. The van der Waals surface area contributed by atoms with E-state index in [1.165, 1.54) is 30.4 Å². The van der Waals surface area contributed by atoms with Crippen LogP contribution in [-0.2, 0) is 0 Å². The lowest BCUT2D eigenvalue weighted by Gasteiger charge is -2.25. The van der Waals surface area contributed by atoms with E-state index in [1.54, 1.807) is 11.3 Å². The van der Waals surface area contributed by atoms with Crippen molar-refractivity contribution in [3.63, 3.8) is 0 Å². The van der Waals surface area contributed by atoms with Crippen molar-refractivity contribution < 1.29 is 8.83 Å². The number of para-hydroxylation sites is 2. The van der Waals surface area contributed by atoms with Crippen LogP contribution in [-0.4, -0.2) is 4.98 Å². The third kappa shape index (κ3) is 4.85. The topological polar surface area (TPSA) is 42.4 Å². The molecule has 0 aliphatic carbocycles. The highest BCUT2D eigenvalue weighted by Crippen LogP contribution is 2.44. The summed E-state index contributed by atoms with van der Waals surface area (Å²) in [5, 5.41) is 8.00. The highest BCUT2D eigenvalue weighted by Gasteiger charge is 2.19. The number of benzene rings is 8. The Morgan fingerprint density at radius 3 is 1.64 bits per heavy atom. The molecule has 0 bridgehead atoms. The van der Waals surface area contributed by atoms with Gasteiger partial charge in [0.05, 0.1) is 10.2 Å². The first-order valence-electron chi connectivity index (χ1n) is 18.3. The van der Waals surface area contributed by atoms with E-state index in [4.69, 9.17) is 13.8 Å². The normalized spacial score (nSPS) is 12.0. The summed E-state index contributed by atoms with van der Waals surface area (Å²) in [7, 11) is 0. The van der Waals surface area contributed by atoms with Gasteiger partial charge in [0, 0.05) is 76.5 Å². The summed E-state index contributed by atoms with van der Waals surface area (Å²) in [5.41, 5.74) is 11.1. The predicted octanol–water partition coefficient (Wildman–Crippen LogP) is 15.3. The maximum Gasteiger partial charge on any atom is 0.137 e. The van der Waals surface area contributed by atoms with E-state index in [2.05, 4.69) is 144 Å². The summed E-state index contributed by atoms with van der Waals surface area (Å²) in [6.45, 7) is 0. The zero-order chi connectivity index (χ0) is 36.0. The molecule has 258 valence electrons. The Bertz CT molecular complexity index is 3330. The van der Waals surface area contributed by atoms with E-state index in [0.717, 1.165) is 82.6 Å². The Labute approximate surface area is 322 Å². The molecule has 0 spiro atoms. The molecule has 55 heavy (non-hydrogen) atoms. The van der Waals surface area contributed by atoms with E-state index in [0.29, 0.717) is 0 Å². The number of fused-ring (bicyclic) bond motifs is 11. The molecular formula is C49H28N2O2S2. The van der Waals surface area contributed by atoms with Crippen molar-refractivity contribution in [2.45, 2.75) is 0 Å². The SMILES string of the molecule is c1ccc(-c2nc3c(ccc4sc5cc(-c6ccc(N(c7ccc8c(c7)oc7ccccc78)c7ccc8c(c7)oc7ccccc78)cc6)ccc5c43)s2)cc1. The summed E-state index contributed by atoms with van der Waals surface area (Å²) in [6.07, 6.45) is 0. The summed E-state index contributed by atoms with van der Waals surface area (Å²) in [6, 6.07) is 60.1. The van der Waals surface area contributed by atoms with Crippen LogP contribution >= 0.6 is 22.7 Å². The standard InChI is InChI=1S/C49H28N2O2S2/c1-2-8-30(9-3-1)49-50-48-45(55-49)25-24-44-47(48)39-21-16-31(26-46(39)54-44)29-14-17-32(18-15-29)51(33-19-22-37-35-10-4-6-12-40(35)52-42(37)27-33)34-20-23-38-36-11-5-7-13-41(36)53-43(38)28-34/h1-28H. The third-order valence-corrected chi connectivity index (χ3v) is 12.9. The molecule has 12 rings (SSSR count). The van der Waals surface area contributed by atoms with Crippen molar-refractivity contribution in [1.82, 2.24) is 4.98 Å². The van der Waals surface area contributed by atoms with E-state index >= 15 is 0 Å². The van der Waals surface area contributed by atoms with Gasteiger partial charge in [0.1, 0.15) is 27.3 Å². The fraction of sp³-hybridized carbons (Fsp3) is 0. The number of thiazole rings is 1. The lowest BCUT2D eigenvalue weighted by molar-refractivity contribution is 0.669. The lowest BCUT2D eigenvalue weighted by Crippen LogP contribution is -2.09. The zero-order valence-corrected chi connectivity index (χ0v) is 30.8. The van der Waals surface area contributed by atoms with E-state index < -0.39 is 0 Å². The molecule has 8 aromatic carbocycles. The van der Waals surface area contributed by atoms with Gasteiger partial charge >= 0.3 is 0 Å². The number of aromatic nitrogens is 1. The van der Waals surface area contributed by atoms with Crippen molar-refractivity contribution in [3.8, 4) is 21.7 Å². The molecule has 4 nitrogen and oxygen atoms in total. The second-order valence-corrected chi connectivity index (χ2v) is 16.0. The van der Waals surface area contributed by atoms with Crippen molar-refractivity contribution in [1.29, 1.82) is 0 Å². The highest BCUT2D eigenvalue weighted by molar-refractivity contribution is 7.26. The summed E-state index contributed by atoms with van der Waals surface area (Å²) in [5.74, 6) is 0. The number of rotatable bonds is 5. The number of nitrogens with zero attached hydrogens (tertiary/aromatic N) is 2. The van der Waals surface area contributed by atoms with Crippen molar-refractivity contribution >= 4 is 114 Å². The minimum Gasteiger partial charge on any atom is -0.456 e. The summed E-state index contributed by atoms with van der Waals surface area (Å²) >= 11 is 3.60. The van der Waals surface area contributed by atoms with Crippen LogP contribution in [0.15, 0.2) is 179 Å². The smallest absolute Gasteiger partial charge is 0.137 e. The molecule has 0 N–H and O–H groups in total. The molecule has 0 saturated carbocycles. The van der Waals surface area contributed by atoms with Crippen LogP contribution in [0.3, 0.4) is 0 Å². The van der Waals surface area contributed by atoms with Gasteiger partial charge in [0.15, 0.2) is 0 Å². The van der Waals surface area contributed by atoms with Crippen LogP contribution in [0.2, 0.25) is 0 Å². The van der Waals surface area contributed by atoms with Crippen molar-refractivity contribution in [2.24, 2.45) is 0 Å². The molecular weight excluding hydrogens is 713 g/mol. The van der Waals surface area contributed by atoms with E-state index in [-0.39, 0.29) is 0 Å². The molecule has 0 aliphatic rings. The maximum atomic E-state index is 6.36. The van der Waals surface area contributed by atoms with Gasteiger partial charge in [0.2, 0.25) is 0 Å². The van der Waals surface area contributed by atoms with E-state index in [9.17, 15) is 0 Å². The fourth-order valence-corrected chi connectivity index (χ4v) is 10.2. The van der Waals surface area contributed by atoms with Crippen LogP contribution in [0.1, 0.15) is 0 Å². The second-order valence-electron chi connectivity index (χ2n) is 13.9. The van der Waals surface area contributed by atoms with Crippen LogP contribution in [0.4, 0.5) is 17.1 Å². The number of furan rings is 2. The fourth-order valence-electron chi connectivity index (χ4n) is 8.09. The maximum absolute atomic E-state index is 6.36. The van der Waals surface area contributed by atoms with Gasteiger partial charge in [0.25, 0.3) is 0 Å². The van der Waals surface area contributed by atoms with Crippen LogP contribution in [0.5, 0.6) is 0 Å². The molecule has 0 fully saturated rings. The zero-order valence-electron chi connectivity index (χ0n) is 29.2. The number of hydrogen-bond donors (Lipinski definition) is 0. The van der Waals surface area contributed by atoms with Gasteiger partial charge in [-0.3, -0.25) is 0 Å². The summed E-state index contributed by atoms with van der Waals surface area (Å²) in [4.78, 5) is 7.43. The van der Waals surface area contributed by atoms with Gasteiger partial charge in [-0.15, -0.1) is 22.7 Å². The molecule has 0 unspecified atom stereocenters. The minimum atomic E-state index is 0.855. The number of anilines is 3. The molecule has 4 aromatic heterocycles. The molecule has 0 radical (unpaired) electrons. The summed E-state index contributed by atoms with van der Waals surface area (Å²) < 4.78 is 16.5. The molecule has 0 atom stereocenters. The van der Waals surface area contributed by atoms with Gasteiger partial charge < -0.3 is 13.7 Å². The Hall–Kier alpha value is -6.73. The molecule has 6 heteroatoms. The first kappa shape index (κ1) is 30.7. The van der Waals surface area contributed by atoms with Gasteiger partial charge in [-0.25, -0.2) is 4.98 Å². The molecule has 0 amide bonds. The largest absolute Gasteiger partial charge is 0.456 e. The average Bonchev–Trinajstić information content (AvgIpc) is 4.02. The predicted molar refractivity (Wildman–Crippen MR) is 233 cm³/mol. The Balaban J connectivity index is 0.956. The first-order valence-corrected chi connectivity index (χ1v) is 19.9. The number of thiophene rings is 1. The monoisotopic (exact) mass is 740 g/mol. The minimum absolute atomic E-state index is 0.855. The molecule has 4 heterocycles. The third-order valence-electron chi connectivity index (χ3n) is 10.7. The van der Waals surface area contributed by atoms with Gasteiger partial charge in [-0.05, 0) is 77.9 Å². The molecule has 12 aromatic rings. The van der Waals surface area contributed by atoms with Gasteiger partial charge in [-0.2, -0.15) is 0 Å². The van der Waals surface area contributed by atoms with Crippen molar-refractivity contribution in [3.05, 3.63) is 170 Å². The highest BCUT2D eigenvalue weighted by atomic mass is 32.1. The van der Waals surface area contributed by atoms with Crippen LogP contribution in [0, 0.1) is 0 Å². The van der Waals surface area contributed by atoms with Crippen LogP contribution < -0.4 is 4.90 Å². The molecule has 0 aliphatic heterocycles. The first-order chi connectivity index (χ1) is 27.2. The van der Waals surface area contributed by atoms with E-state index in [1.807, 2.05) is 41.7 Å².